The molecule has 0 atom stereocenters. The zero-order valence-corrected chi connectivity index (χ0v) is 14.6. The lowest BCUT2D eigenvalue weighted by atomic mass is 9.77. The van der Waals surface area contributed by atoms with Crippen LogP contribution in [0.4, 0.5) is 4.79 Å². The van der Waals surface area contributed by atoms with Crippen molar-refractivity contribution in [2.45, 2.75) is 70.3 Å². The van der Waals surface area contributed by atoms with Crippen LogP contribution in [0.2, 0.25) is 0 Å². The topological polar surface area (TPSA) is 78.5 Å². The number of amides is 4. The molecule has 2 aliphatic carbocycles. The first kappa shape index (κ1) is 17.2. The monoisotopic (exact) mass is 335 g/mol. The summed E-state index contributed by atoms with van der Waals surface area (Å²) in [6, 6.07) is -0.414. The van der Waals surface area contributed by atoms with Crippen molar-refractivity contribution in [2.75, 3.05) is 13.1 Å². The molecule has 1 spiro atoms. The zero-order valence-electron chi connectivity index (χ0n) is 14.6. The predicted octanol–water partition coefficient (Wildman–Crippen LogP) is 2.18. The van der Waals surface area contributed by atoms with Gasteiger partial charge in [0.05, 0.1) is 0 Å². The van der Waals surface area contributed by atoms with Gasteiger partial charge in [-0.15, -0.1) is 0 Å². The summed E-state index contributed by atoms with van der Waals surface area (Å²) in [5.41, 5.74) is -0.757. The molecule has 6 heteroatoms. The molecule has 3 aliphatic rings. The molecule has 0 aromatic rings. The third kappa shape index (κ3) is 3.57. The van der Waals surface area contributed by atoms with Crippen molar-refractivity contribution in [3.8, 4) is 0 Å². The Balaban J connectivity index is 1.51. The lowest BCUT2D eigenvalue weighted by Gasteiger charge is -2.33. The number of nitrogens with zero attached hydrogens (tertiary/aromatic N) is 1. The van der Waals surface area contributed by atoms with E-state index in [4.69, 9.17) is 0 Å². The van der Waals surface area contributed by atoms with E-state index in [2.05, 4.69) is 17.6 Å². The van der Waals surface area contributed by atoms with Crippen molar-refractivity contribution in [3.05, 3.63) is 0 Å². The molecule has 134 valence electrons. The fraction of sp³-hybridized carbons (Fsp3) is 0.833. The number of carbonyl (C=O) groups is 3. The summed E-state index contributed by atoms with van der Waals surface area (Å²) in [6.45, 7) is 2.67. The minimum absolute atomic E-state index is 0.158. The van der Waals surface area contributed by atoms with Crippen molar-refractivity contribution >= 4 is 17.8 Å². The van der Waals surface area contributed by atoms with Crippen molar-refractivity contribution in [3.63, 3.8) is 0 Å². The van der Waals surface area contributed by atoms with Crippen LogP contribution in [-0.2, 0) is 9.59 Å². The molecule has 6 nitrogen and oxygen atoms in total. The largest absolute Gasteiger partial charge is 0.354 e. The van der Waals surface area contributed by atoms with Gasteiger partial charge in [-0.1, -0.05) is 26.2 Å². The van der Waals surface area contributed by atoms with E-state index in [1.165, 1.54) is 19.3 Å². The molecule has 3 fully saturated rings. The van der Waals surface area contributed by atoms with Gasteiger partial charge in [-0.05, 0) is 50.4 Å². The van der Waals surface area contributed by atoms with Gasteiger partial charge in [-0.25, -0.2) is 4.79 Å². The van der Waals surface area contributed by atoms with E-state index >= 15 is 0 Å². The second-order valence-corrected chi connectivity index (χ2v) is 7.89. The van der Waals surface area contributed by atoms with Crippen LogP contribution in [0, 0.1) is 11.8 Å². The molecule has 0 aromatic carbocycles. The third-order valence-electron chi connectivity index (χ3n) is 5.99. The first-order valence-electron chi connectivity index (χ1n) is 9.41. The number of hydrogen-bond acceptors (Lipinski definition) is 3. The fourth-order valence-electron chi connectivity index (χ4n) is 4.26. The highest BCUT2D eigenvalue weighted by atomic mass is 16.2. The van der Waals surface area contributed by atoms with Crippen LogP contribution in [-0.4, -0.2) is 41.4 Å². The average Bonchev–Trinajstić information content (AvgIpc) is 2.81. The minimum Gasteiger partial charge on any atom is -0.354 e. The van der Waals surface area contributed by atoms with Crippen molar-refractivity contribution in [1.29, 1.82) is 0 Å². The molecular weight excluding hydrogens is 306 g/mol. The molecule has 0 bridgehead atoms. The Morgan fingerprint density at radius 2 is 1.83 bits per heavy atom. The van der Waals surface area contributed by atoms with E-state index in [-0.39, 0.29) is 18.4 Å². The Labute approximate surface area is 143 Å². The number of urea groups is 1. The first-order valence-corrected chi connectivity index (χ1v) is 9.41. The van der Waals surface area contributed by atoms with Crippen LogP contribution in [0.5, 0.6) is 0 Å². The second-order valence-electron chi connectivity index (χ2n) is 7.89. The summed E-state index contributed by atoms with van der Waals surface area (Å²) >= 11 is 0. The molecule has 1 saturated heterocycles. The summed E-state index contributed by atoms with van der Waals surface area (Å²) in [5.74, 6) is 0.683. The van der Waals surface area contributed by atoms with Crippen LogP contribution < -0.4 is 10.6 Å². The maximum atomic E-state index is 12.7. The van der Waals surface area contributed by atoms with E-state index in [0.29, 0.717) is 31.2 Å². The van der Waals surface area contributed by atoms with Crippen LogP contribution in [0.15, 0.2) is 0 Å². The molecular formula is C18H29N3O3. The number of rotatable bonds is 4. The number of carbonyl (C=O) groups excluding carboxylic acids is 3. The fourth-order valence-corrected chi connectivity index (χ4v) is 4.26. The van der Waals surface area contributed by atoms with Gasteiger partial charge in [0.25, 0.3) is 5.91 Å². The summed E-state index contributed by atoms with van der Waals surface area (Å²) in [5, 5.41) is 5.76. The van der Waals surface area contributed by atoms with Crippen LogP contribution >= 0.6 is 0 Å². The van der Waals surface area contributed by atoms with E-state index in [1.807, 2.05) is 0 Å². The Morgan fingerprint density at radius 1 is 1.17 bits per heavy atom. The van der Waals surface area contributed by atoms with Gasteiger partial charge in [-0.2, -0.15) is 0 Å². The molecule has 2 N–H and O–H groups in total. The summed E-state index contributed by atoms with van der Waals surface area (Å²) < 4.78 is 0. The Kier molecular flexibility index (Phi) is 5.11. The first-order chi connectivity index (χ1) is 11.5. The molecule has 0 aromatic heterocycles. The van der Waals surface area contributed by atoms with E-state index in [1.54, 1.807) is 0 Å². The molecule has 24 heavy (non-hydrogen) atoms. The smallest absolute Gasteiger partial charge is 0.325 e. The number of nitrogens with one attached hydrogen (secondary N) is 2. The maximum absolute atomic E-state index is 12.7. The maximum Gasteiger partial charge on any atom is 0.325 e. The summed E-state index contributed by atoms with van der Waals surface area (Å²) in [4.78, 5) is 38.2. The van der Waals surface area contributed by atoms with E-state index < -0.39 is 11.6 Å². The molecule has 2 saturated carbocycles. The molecule has 0 radical (unpaired) electrons. The van der Waals surface area contributed by atoms with Gasteiger partial charge < -0.3 is 10.6 Å². The molecule has 0 unspecified atom stereocenters. The SMILES string of the molecule is CC1CCC2(CC1)NC(=O)N(CC(=O)NCC1CCCCC1)C2=O. The number of hydrogen-bond donors (Lipinski definition) is 2. The Bertz CT molecular complexity index is 506. The lowest BCUT2D eigenvalue weighted by Crippen LogP contribution is -2.50. The molecule has 1 aliphatic heterocycles. The standard InChI is InChI=1S/C18H29N3O3/c1-13-7-9-18(10-8-13)16(23)21(17(24)20-18)12-15(22)19-11-14-5-3-2-4-6-14/h13-14H,2-12H2,1H3,(H,19,22)(H,20,24). The molecule has 1 heterocycles. The van der Waals surface area contributed by atoms with Gasteiger partial charge in [0, 0.05) is 6.54 Å². The number of imide groups is 1. The van der Waals surface area contributed by atoms with E-state index in [0.717, 1.165) is 30.6 Å². The van der Waals surface area contributed by atoms with Crippen LogP contribution in [0.25, 0.3) is 0 Å². The molecule has 4 amide bonds. The minimum atomic E-state index is -0.757. The van der Waals surface area contributed by atoms with Gasteiger partial charge in [0.15, 0.2) is 0 Å². The average molecular weight is 335 g/mol. The third-order valence-corrected chi connectivity index (χ3v) is 5.99. The summed E-state index contributed by atoms with van der Waals surface area (Å²) in [6.07, 6.45) is 9.30. The van der Waals surface area contributed by atoms with Crippen LogP contribution in [0.3, 0.4) is 0 Å². The van der Waals surface area contributed by atoms with Gasteiger partial charge in [-0.3, -0.25) is 14.5 Å². The van der Waals surface area contributed by atoms with Gasteiger partial charge >= 0.3 is 6.03 Å². The highest BCUT2D eigenvalue weighted by molar-refractivity contribution is 6.09. The highest BCUT2D eigenvalue weighted by Crippen LogP contribution is 2.36. The molecule has 3 rings (SSSR count). The normalized spacial score (nSPS) is 31.4. The van der Waals surface area contributed by atoms with Crippen LogP contribution in [0.1, 0.15) is 64.7 Å². The van der Waals surface area contributed by atoms with Gasteiger partial charge in [0.2, 0.25) is 5.91 Å². The van der Waals surface area contributed by atoms with Crippen molar-refractivity contribution in [2.24, 2.45) is 11.8 Å². The quantitative estimate of drug-likeness (QED) is 0.773. The predicted molar refractivity (Wildman–Crippen MR) is 90.2 cm³/mol. The summed E-state index contributed by atoms with van der Waals surface area (Å²) in [7, 11) is 0. The second kappa shape index (κ2) is 7.11. The Hall–Kier alpha value is -1.59. The highest BCUT2D eigenvalue weighted by Gasteiger charge is 2.52. The van der Waals surface area contributed by atoms with Crippen molar-refractivity contribution in [1.82, 2.24) is 15.5 Å². The van der Waals surface area contributed by atoms with Crippen molar-refractivity contribution < 1.29 is 14.4 Å². The van der Waals surface area contributed by atoms with E-state index in [9.17, 15) is 14.4 Å². The zero-order chi connectivity index (χ0) is 17.2. The lowest BCUT2D eigenvalue weighted by molar-refractivity contribution is -0.136. The Morgan fingerprint density at radius 3 is 2.50 bits per heavy atom. The van der Waals surface area contributed by atoms with Gasteiger partial charge in [0.1, 0.15) is 12.1 Å².